The molecule has 1 amide bonds. The zero-order valence-corrected chi connectivity index (χ0v) is 11.2. The Bertz CT molecular complexity index is 391. The first-order valence-electron chi connectivity index (χ1n) is 6.78. The van der Waals surface area contributed by atoms with Crippen LogP contribution in [-0.2, 0) is 0 Å². The normalized spacial score (nSPS) is 19.8. The van der Waals surface area contributed by atoms with E-state index in [4.69, 9.17) is 0 Å². The lowest BCUT2D eigenvalue weighted by Crippen LogP contribution is -2.45. The number of hydrogen-bond donors (Lipinski definition) is 2. The zero-order valence-electron chi connectivity index (χ0n) is 11.2. The van der Waals surface area contributed by atoms with E-state index in [0.29, 0.717) is 5.92 Å². The van der Waals surface area contributed by atoms with Crippen molar-refractivity contribution in [3.63, 3.8) is 0 Å². The van der Waals surface area contributed by atoms with E-state index in [1.807, 2.05) is 24.3 Å². The second-order valence-electron chi connectivity index (χ2n) is 5.29. The zero-order chi connectivity index (χ0) is 13.0. The Labute approximate surface area is 109 Å². The summed E-state index contributed by atoms with van der Waals surface area (Å²) in [6, 6.07) is 8.19. The molecule has 1 saturated heterocycles. The van der Waals surface area contributed by atoms with E-state index in [1.165, 1.54) is 5.56 Å². The number of carbonyl (C=O) groups is 1. The summed E-state index contributed by atoms with van der Waals surface area (Å²) in [5.74, 6) is 0.545. The van der Waals surface area contributed by atoms with E-state index in [0.717, 1.165) is 31.5 Å². The molecule has 1 atom stereocenters. The molecule has 18 heavy (non-hydrogen) atoms. The summed E-state index contributed by atoms with van der Waals surface area (Å²) in [5, 5.41) is 6.38. The van der Waals surface area contributed by atoms with Crippen molar-refractivity contribution < 1.29 is 4.79 Å². The third-order valence-corrected chi connectivity index (χ3v) is 3.47. The van der Waals surface area contributed by atoms with Gasteiger partial charge in [0.05, 0.1) is 0 Å². The fraction of sp³-hybridized carbons (Fsp3) is 0.533. The minimum Gasteiger partial charge on any atom is -0.348 e. The minimum absolute atomic E-state index is 0.0407. The minimum atomic E-state index is 0.0407. The molecule has 0 aromatic heterocycles. The SMILES string of the molecule is CC(C)c1ccc(C(=O)N[C@@H]2CCCNC2)cc1. The highest BCUT2D eigenvalue weighted by Gasteiger charge is 2.16. The summed E-state index contributed by atoms with van der Waals surface area (Å²) in [4.78, 5) is 12.1. The first kappa shape index (κ1) is 13.1. The van der Waals surface area contributed by atoms with Gasteiger partial charge in [-0.05, 0) is 43.0 Å². The lowest BCUT2D eigenvalue weighted by molar-refractivity contribution is 0.0930. The number of hydrogen-bond acceptors (Lipinski definition) is 2. The molecule has 1 aliphatic rings. The van der Waals surface area contributed by atoms with Crippen molar-refractivity contribution >= 4 is 5.91 Å². The number of benzene rings is 1. The van der Waals surface area contributed by atoms with Crippen molar-refractivity contribution in [2.75, 3.05) is 13.1 Å². The van der Waals surface area contributed by atoms with Gasteiger partial charge in [-0.1, -0.05) is 26.0 Å². The second kappa shape index (κ2) is 6.01. The van der Waals surface area contributed by atoms with Crippen LogP contribution in [0.1, 0.15) is 48.5 Å². The van der Waals surface area contributed by atoms with Gasteiger partial charge in [-0.2, -0.15) is 0 Å². The van der Waals surface area contributed by atoms with E-state index < -0.39 is 0 Å². The molecule has 1 heterocycles. The fourth-order valence-corrected chi connectivity index (χ4v) is 2.26. The molecule has 0 spiro atoms. The Morgan fingerprint density at radius 1 is 1.33 bits per heavy atom. The van der Waals surface area contributed by atoms with E-state index >= 15 is 0 Å². The lowest BCUT2D eigenvalue weighted by Gasteiger charge is -2.23. The molecule has 0 radical (unpaired) electrons. The van der Waals surface area contributed by atoms with Crippen LogP contribution >= 0.6 is 0 Å². The summed E-state index contributed by atoms with van der Waals surface area (Å²) in [7, 11) is 0. The Morgan fingerprint density at radius 3 is 2.61 bits per heavy atom. The van der Waals surface area contributed by atoms with Crippen molar-refractivity contribution in [1.82, 2.24) is 10.6 Å². The molecular weight excluding hydrogens is 224 g/mol. The van der Waals surface area contributed by atoms with Gasteiger partial charge >= 0.3 is 0 Å². The summed E-state index contributed by atoms with van der Waals surface area (Å²) in [5.41, 5.74) is 2.02. The molecular formula is C15H22N2O. The Morgan fingerprint density at radius 2 is 2.06 bits per heavy atom. The second-order valence-corrected chi connectivity index (χ2v) is 5.29. The molecule has 1 fully saturated rings. The van der Waals surface area contributed by atoms with Crippen molar-refractivity contribution in [2.45, 2.75) is 38.6 Å². The molecule has 3 nitrogen and oxygen atoms in total. The highest BCUT2D eigenvalue weighted by Crippen LogP contribution is 2.14. The molecule has 0 saturated carbocycles. The summed E-state index contributed by atoms with van der Waals surface area (Å²) >= 11 is 0. The maximum Gasteiger partial charge on any atom is 0.251 e. The van der Waals surface area contributed by atoms with Crippen LogP contribution in [-0.4, -0.2) is 25.0 Å². The van der Waals surface area contributed by atoms with Crippen LogP contribution in [0.15, 0.2) is 24.3 Å². The Balaban J connectivity index is 1.95. The van der Waals surface area contributed by atoms with Crippen molar-refractivity contribution in [3.05, 3.63) is 35.4 Å². The van der Waals surface area contributed by atoms with Gasteiger partial charge in [0.1, 0.15) is 0 Å². The summed E-state index contributed by atoms with van der Waals surface area (Å²) in [6.45, 7) is 6.26. The van der Waals surface area contributed by atoms with Gasteiger partial charge in [0.2, 0.25) is 0 Å². The van der Waals surface area contributed by atoms with Crippen molar-refractivity contribution in [3.8, 4) is 0 Å². The highest BCUT2D eigenvalue weighted by molar-refractivity contribution is 5.94. The van der Waals surface area contributed by atoms with Gasteiger partial charge in [-0.25, -0.2) is 0 Å². The molecule has 0 bridgehead atoms. The van der Waals surface area contributed by atoms with Crippen LogP contribution in [0.3, 0.4) is 0 Å². The number of rotatable bonds is 3. The van der Waals surface area contributed by atoms with Crippen LogP contribution in [0.25, 0.3) is 0 Å². The highest BCUT2D eigenvalue weighted by atomic mass is 16.1. The van der Waals surface area contributed by atoms with Gasteiger partial charge < -0.3 is 10.6 Å². The average molecular weight is 246 g/mol. The lowest BCUT2D eigenvalue weighted by atomic mass is 10.0. The molecule has 98 valence electrons. The molecule has 1 aliphatic heterocycles. The molecule has 0 aliphatic carbocycles. The smallest absolute Gasteiger partial charge is 0.251 e. The van der Waals surface area contributed by atoms with Crippen LogP contribution in [0, 0.1) is 0 Å². The number of carbonyl (C=O) groups excluding carboxylic acids is 1. The molecule has 1 aromatic carbocycles. The van der Waals surface area contributed by atoms with E-state index in [9.17, 15) is 4.79 Å². The Kier molecular flexibility index (Phi) is 4.37. The van der Waals surface area contributed by atoms with Crippen LogP contribution in [0.5, 0.6) is 0 Å². The Hall–Kier alpha value is -1.35. The largest absolute Gasteiger partial charge is 0.348 e. The predicted octanol–water partition coefficient (Wildman–Crippen LogP) is 2.29. The van der Waals surface area contributed by atoms with E-state index in [1.54, 1.807) is 0 Å². The maximum atomic E-state index is 12.1. The van der Waals surface area contributed by atoms with Crippen molar-refractivity contribution in [1.29, 1.82) is 0 Å². The van der Waals surface area contributed by atoms with E-state index in [-0.39, 0.29) is 11.9 Å². The standard InChI is InChI=1S/C15H22N2O/c1-11(2)12-5-7-13(8-6-12)15(18)17-14-4-3-9-16-10-14/h5-8,11,14,16H,3-4,9-10H2,1-2H3,(H,17,18)/t14-/m1/s1. The predicted molar refractivity (Wildman–Crippen MR) is 73.9 cm³/mol. The topological polar surface area (TPSA) is 41.1 Å². The maximum absolute atomic E-state index is 12.1. The van der Waals surface area contributed by atoms with Gasteiger partial charge in [0.25, 0.3) is 5.91 Å². The summed E-state index contributed by atoms with van der Waals surface area (Å²) in [6.07, 6.45) is 2.21. The quantitative estimate of drug-likeness (QED) is 0.859. The monoisotopic (exact) mass is 246 g/mol. The number of piperidine rings is 1. The first-order valence-corrected chi connectivity index (χ1v) is 6.78. The molecule has 1 aromatic rings. The third kappa shape index (κ3) is 3.33. The summed E-state index contributed by atoms with van der Waals surface area (Å²) < 4.78 is 0. The van der Waals surface area contributed by atoms with Crippen LogP contribution in [0.4, 0.5) is 0 Å². The van der Waals surface area contributed by atoms with Gasteiger partial charge in [0, 0.05) is 18.2 Å². The van der Waals surface area contributed by atoms with Crippen LogP contribution in [0.2, 0.25) is 0 Å². The van der Waals surface area contributed by atoms with Gasteiger partial charge in [-0.3, -0.25) is 4.79 Å². The molecule has 2 rings (SSSR count). The molecule has 0 unspecified atom stereocenters. The fourth-order valence-electron chi connectivity index (χ4n) is 2.26. The van der Waals surface area contributed by atoms with Gasteiger partial charge in [-0.15, -0.1) is 0 Å². The molecule has 3 heteroatoms. The van der Waals surface area contributed by atoms with Crippen molar-refractivity contribution in [2.24, 2.45) is 0 Å². The first-order chi connectivity index (χ1) is 8.66. The van der Waals surface area contributed by atoms with E-state index in [2.05, 4.69) is 24.5 Å². The van der Waals surface area contributed by atoms with Gasteiger partial charge in [0.15, 0.2) is 0 Å². The molecule has 2 N–H and O–H groups in total. The average Bonchev–Trinajstić information content (AvgIpc) is 2.40. The number of amides is 1. The number of nitrogens with one attached hydrogen (secondary N) is 2. The van der Waals surface area contributed by atoms with Crippen LogP contribution < -0.4 is 10.6 Å². The third-order valence-electron chi connectivity index (χ3n) is 3.47.